The minimum Gasteiger partial charge on any atom is -0.490 e. The highest BCUT2D eigenvalue weighted by Crippen LogP contribution is 2.40. The maximum atomic E-state index is 14.5. The molecular weight excluding hydrogens is 403 g/mol. The molecule has 2 amide bonds. The summed E-state index contributed by atoms with van der Waals surface area (Å²) in [5, 5.41) is 2.71. The first-order valence-corrected chi connectivity index (χ1v) is 10.4. The lowest BCUT2D eigenvalue weighted by Crippen LogP contribution is -2.52. The lowest BCUT2D eigenvalue weighted by Gasteiger charge is -2.35. The van der Waals surface area contributed by atoms with Crippen LogP contribution in [0.4, 0.5) is 4.39 Å². The van der Waals surface area contributed by atoms with Crippen molar-refractivity contribution in [3.8, 4) is 17.2 Å². The van der Waals surface area contributed by atoms with Crippen LogP contribution in [0.3, 0.4) is 0 Å². The number of hydrogen-bond donors (Lipinski definition) is 1. The number of nitrogens with one attached hydrogen (secondary N) is 1. The Balaban J connectivity index is 2.05. The fourth-order valence-electron chi connectivity index (χ4n) is 3.57. The SMILES string of the molecule is CCOc1cc(C(=O)N2CCNC(=O)C2c2ccccc2F)cc(OCC)c1OCC. The molecule has 2 aromatic rings. The van der Waals surface area contributed by atoms with E-state index in [1.165, 1.54) is 17.0 Å². The van der Waals surface area contributed by atoms with Gasteiger partial charge in [-0.25, -0.2) is 4.39 Å². The molecule has 0 radical (unpaired) electrons. The minimum atomic E-state index is -1.07. The Kier molecular flexibility index (Phi) is 7.33. The van der Waals surface area contributed by atoms with Gasteiger partial charge in [-0.2, -0.15) is 0 Å². The zero-order valence-corrected chi connectivity index (χ0v) is 17.9. The molecule has 1 unspecified atom stereocenters. The van der Waals surface area contributed by atoms with Crippen molar-refractivity contribution in [1.82, 2.24) is 10.2 Å². The van der Waals surface area contributed by atoms with Crippen LogP contribution in [0.2, 0.25) is 0 Å². The van der Waals surface area contributed by atoms with Crippen LogP contribution in [-0.2, 0) is 4.79 Å². The Labute approximate surface area is 181 Å². The summed E-state index contributed by atoms with van der Waals surface area (Å²) in [6, 6.07) is 8.05. The van der Waals surface area contributed by atoms with Crippen LogP contribution in [0.1, 0.15) is 42.7 Å². The van der Waals surface area contributed by atoms with Gasteiger partial charge in [-0.3, -0.25) is 9.59 Å². The lowest BCUT2D eigenvalue weighted by atomic mass is 10.0. The van der Waals surface area contributed by atoms with Crippen molar-refractivity contribution in [2.75, 3.05) is 32.9 Å². The van der Waals surface area contributed by atoms with E-state index in [1.807, 2.05) is 20.8 Å². The maximum absolute atomic E-state index is 14.5. The first-order chi connectivity index (χ1) is 15.0. The number of benzene rings is 2. The molecule has 0 aliphatic carbocycles. The van der Waals surface area contributed by atoms with Gasteiger partial charge in [0.2, 0.25) is 11.7 Å². The van der Waals surface area contributed by atoms with E-state index in [4.69, 9.17) is 14.2 Å². The number of amides is 2. The zero-order chi connectivity index (χ0) is 22.4. The van der Waals surface area contributed by atoms with Crippen molar-refractivity contribution in [3.05, 3.63) is 53.3 Å². The molecule has 1 heterocycles. The first kappa shape index (κ1) is 22.4. The molecule has 3 rings (SSSR count). The first-order valence-electron chi connectivity index (χ1n) is 10.4. The molecule has 0 bridgehead atoms. The Bertz CT molecular complexity index is 922. The summed E-state index contributed by atoms with van der Waals surface area (Å²) in [6.07, 6.45) is 0. The zero-order valence-electron chi connectivity index (χ0n) is 17.9. The van der Waals surface area contributed by atoms with E-state index in [0.29, 0.717) is 37.1 Å². The van der Waals surface area contributed by atoms with E-state index in [1.54, 1.807) is 24.3 Å². The summed E-state index contributed by atoms with van der Waals surface area (Å²) in [7, 11) is 0. The van der Waals surface area contributed by atoms with Gasteiger partial charge < -0.3 is 24.4 Å². The predicted molar refractivity (Wildman–Crippen MR) is 113 cm³/mol. The molecule has 0 aromatic heterocycles. The van der Waals surface area contributed by atoms with Gasteiger partial charge >= 0.3 is 0 Å². The van der Waals surface area contributed by atoms with Gasteiger partial charge in [0.05, 0.1) is 19.8 Å². The summed E-state index contributed by atoms with van der Waals surface area (Å²) < 4.78 is 31.5. The number of ether oxygens (including phenoxy) is 3. The molecule has 1 fully saturated rings. The van der Waals surface area contributed by atoms with Gasteiger partial charge in [0, 0.05) is 24.2 Å². The Morgan fingerprint density at radius 1 is 1.06 bits per heavy atom. The highest BCUT2D eigenvalue weighted by Gasteiger charge is 2.37. The smallest absolute Gasteiger partial charge is 0.255 e. The van der Waals surface area contributed by atoms with Crippen LogP contribution in [0, 0.1) is 5.82 Å². The molecule has 1 N–H and O–H groups in total. The van der Waals surface area contributed by atoms with Crippen LogP contribution < -0.4 is 19.5 Å². The Hall–Kier alpha value is -3.29. The summed E-state index contributed by atoms with van der Waals surface area (Å²) in [5.74, 6) is -0.215. The Morgan fingerprint density at radius 2 is 1.68 bits per heavy atom. The van der Waals surface area contributed by atoms with E-state index in [-0.39, 0.29) is 24.2 Å². The molecule has 1 aliphatic rings. The van der Waals surface area contributed by atoms with E-state index < -0.39 is 23.7 Å². The number of piperazine rings is 1. The second kappa shape index (κ2) is 10.1. The van der Waals surface area contributed by atoms with Crippen LogP contribution in [-0.4, -0.2) is 49.6 Å². The van der Waals surface area contributed by atoms with Crippen LogP contribution in [0.5, 0.6) is 17.2 Å². The van der Waals surface area contributed by atoms with Gasteiger partial charge in [0.1, 0.15) is 11.9 Å². The molecule has 0 saturated carbocycles. The van der Waals surface area contributed by atoms with Crippen molar-refractivity contribution in [1.29, 1.82) is 0 Å². The van der Waals surface area contributed by atoms with Crippen molar-refractivity contribution >= 4 is 11.8 Å². The van der Waals surface area contributed by atoms with E-state index in [2.05, 4.69) is 5.32 Å². The number of hydrogen-bond acceptors (Lipinski definition) is 5. The topological polar surface area (TPSA) is 77.1 Å². The van der Waals surface area contributed by atoms with E-state index in [9.17, 15) is 14.0 Å². The molecular formula is C23H27FN2O5. The number of halogens is 1. The van der Waals surface area contributed by atoms with Crippen LogP contribution >= 0.6 is 0 Å². The second-order valence-corrected chi connectivity index (χ2v) is 6.81. The van der Waals surface area contributed by atoms with Crippen molar-refractivity contribution in [3.63, 3.8) is 0 Å². The monoisotopic (exact) mass is 430 g/mol. The van der Waals surface area contributed by atoms with Gasteiger partial charge in [0.15, 0.2) is 11.5 Å². The largest absolute Gasteiger partial charge is 0.490 e. The molecule has 8 heteroatoms. The van der Waals surface area contributed by atoms with Crippen LogP contribution in [0.15, 0.2) is 36.4 Å². The molecule has 1 saturated heterocycles. The van der Waals surface area contributed by atoms with Crippen LogP contribution in [0.25, 0.3) is 0 Å². The molecule has 0 spiro atoms. The third kappa shape index (κ3) is 4.73. The quantitative estimate of drug-likeness (QED) is 0.695. The fraction of sp³-hybridized carbons (Fsp3) is 0.391. The van der Waals surface area contributed by atoms with E-state index >= 15 is 0 Å². The van der Waals surface area contributed by atoms with Gasteiger partial charge in [0.25, 0.3) is 5.91 Å². The Morgan fingerprint density at radius 3 is 2.26 bits per heavy atom. The third-order valence-electron chi connectivity index (χ3n) is 4.83. The molecule has 1 aliphatic heterocycles. The number of carbonyl (C=O) groups is 2. The van der Waals surface area contributed by atoms with Gasteiger partial charge in [-0.1, -0.05) is 18.2 Å². The average molecular weight is 430 g/mol. The molecule has 166 valence electrons. The molecule has 31 heavy (non-hydrogen) atoms. The summed E-state index contributed by atoms with van der Waals surface area (Å²) in [4.78, 5) is 27.5. The van der Waals surface area contributed by atoms with E-state index in [0.717, 1.165) is 0 Å². The standard InChI is InChI=1S/C23H27FN2O5/c1-4-29-18-13-15(14-19(30-5-2)21(18)31-6-3)23(28)26-12-11-25-22(27)20(26)16-9-7-8-10-17(16)24/h7-10,13-14,20H,4-6,11-12H2,1-3H3,(H,25,27). The van der Waals surface area contributed by atoms with Crippen molar-refractivity contribution in [2.45, 2.75) is 26.8 Å². The number of nitrogens with zero attached hydrogens (tertiary/aromatic N) is 1. The summed E-state index contributed by atoms with van der Waals surface area (Å²) in [5.41, 5.74) is 0.417. The number of rotatable bonds is 8. The lowest BCUT2D eigenvalue weighted by molar-refractivity contribution is -0.128. The minimum absolute atomic E-state index is 0.147. The molecule has 1 atom stereocenters. The fourth-order valence-corrected chi connectivity index (χ4v) is 3.57. The van der Waals surface area contributed by atoms with Crippen molar-refractivity contribution in [2.24, 2.45) is 0 Å². The average Bonchev–Trinajstić information content (AvgIpc) is 2.76. The summed E-state index contributed by atoms with van der Waals surface area (Å²) in [6.45, 7) is 7.15. The van der Waals surface area contributed by atoms with Gasteiger partial charge in [-0.15, -0.1) is 0 Å². The highest BCUT2D eigenvalue weighted by atomic mass is 19.1. The normalized spacial score (nSPS) is 15.9. The number of carbonyl (C=O) groups excluding carboxylic acids is 2. The maximum Gasteiger partial charge on any atom is 0.255 e. The van der Waals surface area contributed by atoms with Crippen molar-refractivity contribution < 1.29 is 28.2 Å². The second-order valence-electron chi connectivity index (χ2n) is 6.81. The molecule has 7 nitrogen and oxygen atoms in total. The van der Waals surface area contributed by atoms with Gasteiger partial charge in [-0.05, 0) is 39.0 Å². The summed E-state index contributed by atoms with van der Waals surface area (Å²) >= 11 is 0. The molecule has 2 aromatic carbocycles. The predicted octanol–water partition coefficient (Wildman–Crippen LogP) is 3.34. The third-order valence-corrected chi connectivity index (χ3v) is 4.83. The highest BCUT2D eigenvalue weighted by molar-refractivity contribution is 5.99.